The van der Waals surface area contributed by atoms with E-state index in [0.717, 1.165) is 12.0 Å². The molecule has 0 radical (unpaired) electrons. The maximum absolute atomic E-state index is 11.8. The maximum Gasteiger partial charge on any atom is 0.407 e. The zero-order chi connectivity index (χ0) is 15.7. The van der Waals surface area contributed by atoms with Gasteiger partial charge in [0, 0.05) is 6.92 Å². The highest BCUT2D eigenvalue weighted by atomic mass is 16.6. The third kappa shape index (κ3) is 6.79. The highest BCUT2D eigenvalue weighted by Crippen LogP contribution is 2.09. The highest BCUT2D eigenvalue weighted by molar-refractivity contribution is 5.68. The van der Waals surface area contributed by atoms with Gasteiger partial charge in [-0.15, -0.1) is 0 Å². The number of carbonyl (C=O) groups is 2. The summed E-state index contributed by atoms with van der Waals surface area (Å²) in [6, 6.07) is 9.21. The Kier molecular flexibility index (Phi) is 7.29. The van der Waals surface area contributed by atoms with Crippen LogP contribution in [-0.2, 0) is 20.9 Å². The van der Waals surface area contributed by atoms with E-state index in [0.29, 0.717) is 0 Å². The van der Waals surface area contributed by atoms with E-state index in [1.165, 1.54) is 6.92 Å². The number of rotatable bonds is 7. The monoisotopic (exact) mass is 293 g/mol. The fourth-order valence-electron chi connectivity index (χ4n) is 1.76. The van der Waals surface area contributed by atoms with Gasteiger partial charge in [0.2, 0.25) is 0 Å². The van der Waals surface area contributed by atoms with E-state index in [1.54, 1.807) is 0 Å². The minimum absolute atomic E-state index is 0.158. The predicted molar refractivity (Wildman–Crippen MR) is 79.6 cm³/mol. The summed E-state index contributed by atoms with van der Waals surface area (Å²) in [4.78, 5) is 22.7. The number of amides is 1. The molecule has 1 aromatic carbocycles. The molecule has 0 spiro atoms. The summed E-state index contributed by atoms with van der Waals surface area (Å²) in [7, 11) is 0. The first-order valence-electron chi connectivity index (χ1n) is 7.13. The van der Waals surface area contributed by atoms with Crippen molar-refractivity contribution >= 4 is 12.1 Å². The Labute approximate surface area is 125 Å². The molecule has 2 unspecified atom stereocenters. The molecule has 0 heterocycles. The quantitative estimate of drug-likeness (QED) is 0.785. The highest BCUT2D eigenvalue weighted by Gasteiger charge is 2.20. The Bertz CT molecular complexity index is 447. The topological polar surface area (TPSA) is 64.6 Å². The van der Waals surface area contributed by atoms with E-state index in [9.17, 15) is 9.59 Å². The normalized spacial score (nSPS) is 13.1. The van der Waals surface area contributed by atoms with E-state index in [4.69, 9.17) is 9.47 Å². The largest absolute Gasteiger partial charge is 0.464 e. The molecule has 0 bridgehead atoms. The number of ether oxygens (including phenoxy) is 2. The molecule has 0 fully saturated rings. The van der Waals surface area contributed by atoms with Crippen molar-refractivity contribution < 1.29 is 19.1 Å². The first kappa shape index (κ1) is 17.0. The lowest BCUT2D eigenvalue weighted by molar-refractivity contribution is -0.142. The van der Waals surface area contributed by atoms with Crippen LogP contribution in [0, 0.1) is 5.92 Å². The Morgan fingerprint density at radius 1 is 1.19 bits per heavy atom. The molecule has 0 saturated heterocycles. The van der Waals surface area contributed by atoms with Gasteiger partial charge in [0.1, 0.15) is 13.2 Å². The van der Waals surface area contributed by atoms with Crippen LogP contribution < -0.4 is 5.32 Å². The smallest absolute Gasteiger partial charge is 0.407 e. The zero-order valence-corrected chi connectivity index (χ0v) is 12.8. The van der Waals surface area contributed by atoms with Crippen LogP contribution >= 0.6 is 0 Å². The molecule has 0 aliphatic carbocycles. The molecule has 21 heavy (non-hydrogen) atoms. The van der Waals surface area contributed by atoms with Crippen molar-refractivity contribution in [2.75, 3.05) is 6.61 Å². The minimum Gasteiger partial charge on any atom is -0.464 e. The third-order valence-corrected chi connectivity index (χ3v) is 3.31. The van der Waals surface area contributed by atoms with Crippen LogP contribution in [0.25, 0.3) is 0 Å². The van der Waals surface area contributed by atoms with Crippen molar-refractivity contribution in [3.8, 4) is 0 Å². The molecule has 5 nitrogen and oxygen atoms in total. The second-order valence-electron chi connectivity index (χ2n) is 5.00. The fraction of sp³-hybridized carbons (Fsp3) is 0.500. The molecule has 1 rings (SSSR count). The van der Waals surface area contributed by atoms with Crippen molar-refractivity contribution in [3.63, 3.8) is 0 Å². The Morgan fingerprint density at radius 3 is 2.43 bits per heavy atom. The first-order chi connectivity index (χ1) is 10.0. The van der Waals surface area contributed by atoms with Gasteiger partial charge in [0.25, 0.3) is 0 Å². The van der Waals surface area contributed by atoms with E-state index < -0.39 is 6.09 Å². The van der Waals surface area contributed by atoms with Gasteiger partial charge < -0.3 is 14.8 Å². The molecule has 1 aromatic rings. The SMILES string of the molecule is CCC(C)C(COC(C)=O)NC(=O)OCc1ccccc1. The van der Waals surface area contributed by atoms with Gasteiger partial charge in [-0.2, -0.15) is 0 Å². The standard InChI is InChI=1S/C16H23NO4/c1-4-12(2)15(11-20-13(3)18)17-16(19)21-10-14-8-6-5-7-9-14/h5-9,12,15H,4,10-11H2,1-3H3,(H,17,19). The van der Waals surface area contributed by atoms with Crippen LogP contribution in [-0.4, -0.2) is 24.7 Å². The third-order valence-electron chi connectivity index (χ3n) is 3.31. The first-order valence-corrected chi connectivity index (χ1v) is 7.13. The van der Waals surface area contributed by atoms with Crippen molar-refractivity contribution in [1.29, 1.82) is 0 Å². The van der Waals surface area contributed by atoms with Crippen molar-refractivity contribution in [2.24, 2.45) is 5.92 Å². The van der Waals surface area contributed by atoms with Crippen molar-refractivity contribution in [1.82, 2.24) is 5.32 Å². The fourth-order valence-corrected chi connectivity index (χ4v) is 1.76. The van der Waals surface area contributed by atoms with Gasteiger partial charge in [0.15, 0.2) is 0 Å². The van der Waals surface area contributed by atoms with Crippen molar-refractivity contribution in [2.45, 2.75) is 39.8 Å². The molecule has 2 atom stereocenters. The van der Waals surface area contributed by atoms with Gasteiger partial charge in [0.05, 0.1) is 6.04 Å². The average Bonchev–Trinajstić information content (AvgIpc) is 2.49. The van der Waals surface area contributed by atoms with Gasteiger partial charge in [-0.25, -0.2) is 4.79 Å². The van der Waals surface area contributed by atoms with Crippen LogP contribution in [0.3, 0.4) is 0 Å². The molecule has 0 aliphatic rings. The molecule has 1 N–H and O–H groups in total. The van der Waals surface area contributed by atoms with Crippen LogP contribution in [0.4, 0.5) is 4.79 Å². The summed E-state index contributed by atoms with van der Waals surface area (Å²) in [5, 5.41) is 2.75. The van der Waals surface area contributed by atoms with Crippen LogP contribution in [0.1, 0.15) is 32.8 Å². The van der Waals surface area contributed by atoms with Crippen LogP contribution in [0.15, 0.2) is 30.3 Å². The lowest BCUT2D eigenvalue weighted by Gasteiger charge is -2.23. The number of hydrogen-bond acceptors (Lipinski definition) is 4. The molecule has 116 valence electrons. The molecule has 0 aliphatic heterocycles. The van der Waals surface area contributed by atoms with Gasteiger partial charge in [-0.05, 0) is 11.5 Å². The Hall–Kier alpha value is -2.04. The van der Waals surface area contributed by atoms with Crippen molar-refractivity contribution in [3.05, 3.63) is 35.9 Å². The van der Waals surface area contributed by atoms with Crippen LogP contribution in [0.5, 0.6) is 0 Å². The Morgan fingerprint density at radius 2 is 1.86 bits per heavy atom. The molecular weight excluding hydrogens is 270 g/mol. The summed E-state index contributed by atoms with van der Waals surface area (Å²) >= 11 is 0. The number of hydrogen-bond donors (Lipinski definition) is 1. The van der Waals surface area contributed by atoms with Gasteiger partial charge >= 0.3 is 12.1 Å². The minimum atomic E-state index is -0.503. The number of esters is 1. The average molecular weight is 293 g/mol. The van der Waals surface area contributed by atoms with Gasteiger partial charge in [-0.3, -0.25) is 4.79 Å². The predicted octanol–water partition coefficient (Wildman–Crippen LogP) is 2.89. The zero-order valence-electron chi connectivity index (χ0n) is 12.8. The molecule has 1 amide bonds. The van der Waals surface area contributed by atoms with E-state index in [2.05, 4.69) is 5.32 Å². The molecule has 0 aromatic heterocycles. The molecular formula is C16H23NO4. The summed E-state index contributed by atoms with van der Waals surface area (Å²) < 4.78 is 10.2. The second-order valence-corrected chi connectivity index (χ2v) is 5.00. The van der Waals surface area contributed by atoms with Crippen LogP contribution in [0.2, 0.25) is 0 Å². The molecule has 5 heteroatoms. The summed E-state index contributed by atoms with van der Waals surface area (Å²) in [6.07, 6.45) is 0.363. The number of nitrogens with one attached hydrogen (secondary N) is 1. The number of alkyl carbamates (subject to hydrolysis) is 1. The molecule has 0 saturated carbocycles. The van der Waals surface area contributed by atoms with E-state index in [-0.39, 0.29) is 31.1 Å². The number of carbonyl (C=O) groups excluding carboxylic acids is 2. The summed E-state index contributed by atoms with van der Waals surface area (Å²) in [6.45, 7) is 5.73. The lowest BCUT2D eigenvalue weighted by atomic mass is 10.0. The Balaban J connectivity index is 2.45. The summed E-state index contributed by atoms with van der Waals surface area (Å²) in [5.41, 5.74) is 0.924. The maximum atomic E-state index is 11.8. The number of benzene rings is 1. The van der Waals surface area contributed by atoms with E-state index >= 15 is 0 Å². The van der Waals surface area contributed by atoms with E-state index in [1.807, 2.05) is 44.2 Å². The summed E-state index contributed by atoms with van der Waals surface area (Å²) in [5.74, 6) is -0.170. The lowest BCUT2D eigenvalue weighted by Crippen LogP contribution is -2.43. The second kappa shape index (κ2) is 9.00. The van der Waals surface area contributed by atoms with Gasteiger partial charge in [-0.1, -0.05) is 50.6 Å².